The van der Waals surface area contributed by atoms with E-state index in [2.05, 4.69) is 15.3 Å². The number of carbonyl (C=O) groups excluding carboxylic acids is 1. The molecule has 1 N–H and O–H groups in total. The lowest BCUT2D eigenvalue weighted by atomic mass is 10.1. The molecule has 1 amide bonds. The summed E-state index contributed by atoms with van der Waals surface area (Å²) in [5.74, 6) is -0.0268. The SMILES string of the molecule is [N-]=[N+]=NCCCCNC(=O)Cc1cccc(Cl)c1. The fourth-order valence-electron chi connectivity index (χ4n) is 1.47. The van der Waals surface area contributed by atoms with Crippen LogP contribution in [0.15, 0.2) is 29.4 Å². The Morgan fingerprint density at radius 3 is 3.00 bits per heavy atom. The second-order valence-electron chi connectivity index (χ2n) is 3.82. The lowest BCUT2D eigenvalue weighted by Gasteiger charge is -2.04. The lowest BCUT2D eigenvalue weighted by molar-refractivity contribution is -0.120. The molecule has 0 aliphatic rings. The van der Waals surface area contributed by atoms with Crippen molar-refractivity contribution in [2.24, 2.45) is 5.11 Å². The van der Waals surface area contributed by atoms with Crippen molar-refractivity contribution in [3.05, 3.63) is 45.3 Å². The predicted molar refractivity (Wildman–Crippen MR) is 71.4 cm³/mol. The van der Waals surface area contributed by atoms with Crippen molar-refractivity contribution in [2.45, 2.75) is 19.3 Å². The number of nitrogens with one attached hydrogen (secondary N) is 1. The molecule has 0 spiro atoms. The van der Waals surface area contributed by atoms with Gasteiger partial charge in [-0.05, 0) is 36.1 Å². The van der Waals surface area contributed by atoms with Gasteiger partial charge in [-0.1, -0.05) is 28.8 Å². The first-order chi connectivity index (χ1) is 8.72. The van der Waals surface area contributed by atoms with Crippen LogP contribution in [-0.2, 0) is 11.2 Å². The van der Waals surface area contributed by atoms with Crippen LogP contribution in [0.4, 0.5) is 0 Å². The first-order valence-electron chi connectivity index (χ1n) is 5.74. The highest BCUT2D eigenvalue weighted by Gasteiger charge is 2.02. The summed E-state index contributed by atoms with van der Waals surface area (Å²) in [7, 11) is 0. The zero-order valence-electron chi connectivity index (χ0n) is 9.97. The summed E-state index contributed by atoms with van der Waals surface area (Å²) in [4.78, 5) is 14.2. The number of azide groups is 1. The van der Waals surface area contributed by atoms with Gasteiger partial charge in [-0.2, -0.15) is 0 Å². The number of carbonyl (C=O) groups is 1. The Kier molecular flexibility index (Phi) is 6.69. The molecule has 1 aromatic carbocycles. The van der Waals surface area contributed by atoms with Gasteiger partial charge in [0, 0.05) is 23.0 Å². The van der Waals surface area contributed by atoms with Crippen LogP contribution in [-0.4, -0.2) is 19.0 Å². The van der Waals surface area contributed by atoms with E-state index in [0.29, 0.717) is 24.5 Å². The summed E-state index contributed by atoms with van der Waals surface area (Å²) >= 11 is 5.83. The molecule has 6 heteroatoms. The number of hydrogen-bond acceptors (Lipinski definition) is 2. The van der Waals surface area contributed by atoms with Crippen molar-refractivity contribution in [3.63, 3.8) is 0 Å². The van der Waals surface area contributed by atoms with Crippen LogP contribution in [0.3, 0.4) is 0 Å². The van der Waals surface area contributed by atoms with Gasteiger partial charge >= 0.3 is 0 Å². The molecular weight excluding hydrogens is 252 g/mol. The Bertz CT molecular complexity index is 443. The van der Waals surface area contributed by atoms with Crippen LogP contribution in [0, 0.1) is 0 Å². The molecule has 0 aromatic heterocycles. The monoisotopic (exact) mass is 266 g/mol. The van der Waals surface area contributed by atoms with Gasteiger partial charge in [0.15, 0.2) is 0 Å². The maximum Gasteiger partial charge on any atom is 0.224 e. The molecule has 1 rings (SSSR count). The van der Waals surface area contributed by atoms with Crippen molar-refractivity contribution in [3.8, 4) is 0 Å². The van der Waals surface area contributed by atoms with Gasteiger partial charge in [0.2, 0.25) is 5.91 Å². The average molecular weight is 267 g/mol. The zero-order chi connectivity index (χ0) is 13.2. The molecule has 0 fully saturated rings. The summed E-state index contributed by atoms with van der Waals surface area (Å²) < 4.78 is 0. The summed E-state index contributed by atoms with van der Waals surface area (Å²) in [6.07, 6.45) is 1.92. The van der Waals surface area contributed by atoms with Crippen LogP contribution in [0.2, 0.25) is 5.02 Å². The van der Waals surface area contributed by atoms with Crippen molar-refractivity contribution in [1.29, 1.82) is 0 Å². The average Bonchev–Trinajstić information content (AvgIpc) is 2.33. The van der Waals surface area contributed by atoms with Gasteiger partial charge in [0.25, 0.3) is 0 Å². The first-order valence-corrected chi connectivity index (χ1v) is 6.12. The molecule has 0 unspecified atom stereocenters. The molecule has 1 aromatic rings. The van der Waals surface area contributed by atoms with E-state index in [1.807, 2.05) is 12.1 Å². The van der Waals surface area contributed by atoms with E-state index in [4.69, 9.17) is 17.1 Å². The molecule has 0 saturated heterocycles. The Morgan fingerprint density at radius 1 is 1.44 bits per heavy atom. The predicted octanol–water partition coefficient (Wildman–Crippen LogP) is 3.09. The van der Waals surface area contributed by atoms with E-state index in [1.165, 1.54) is 0 Å². The topological polar surface area (TPSA) is 77.9 Å². The molecule has 0 aliphatic carbocycles. The number of benzene rings is 1. The molecule has 18 heavy (non-hydrogen) atoms. The quantitative estimate of drug-likeness (QED) is 0.350. The maximum absolute atomic E-state index is 11.6. The van der Waals surface area contributed by atoms with Crippen molar-refractivity contribution in [1.82, 2.24) is 5.32 Å². The van der Waals surface area contributed by atoms with Crippen molar-refractivity contribution in [2.75, 3.05) is 13.1 Å². The van der Waals surface area contributed by atoms with E-state index >= 15 is 0 Å². The minimum Gasteiger partial charge on any atom is -0.356 e. The van der Waals surface area contributed by atoms with Gasteiger partial charge in [-0.25, -0.2) is 0 Å². The molecular formula is C12H15ClN4O. The van der Waals surface area contributed by atoms with Gasteiger partial charge in [0.1, 0.15) is 0 Å². The summed E-state index contributed by atoms with van der Waals surface area (Å²) in [6, 6.07) is 7.25. The highest BCUT2D eigenvalue weighted by Crippen LogP contribution is 2.10. The van der Waals surface area contributed by atoms with Gasteiger partial charge < -0.3 is 5.32 Å². The smallest absolute Gasteiger partial charge is 0.224 e. The van der Waals surface area contributed by atoms with E-state index in [-0.39, 0.29) is 5.91 Å². The minimum atomic E-state index is -0.0268. The Labute approximate surface area is 111 Å². The largest absolute Gasteiger partial charge is 0.356 e. The molecule has 96 valence electrons. The lowest BCUT2D eigenvalue weighted by Crippen LogP contribution is -2.26. The molecule has 0 heterocycles. The van der Waals surface area contributed by atoms with E-state index in [9.17, 15) is 4.79 Å². The minimum absolute atomic E-state index is 0.0268. The molecule has 5 nitrogen and oxygen atoms in total. The Balaban J connectivity index is 2.19. The number of hydrogen-bond donors (Lipinski definition) is 1. The molecule has 0 saturated carbocycles. The Hall–Kier alpha value is -1.71. The van der Waals surface area contributed by atoms with Crippen LogP contribution < -0.4 is 5.32 Å². The zero-order valence-corrected chi connectivity index (χ0v) is 10.7. The Morgan fingerprint density at radius 2 is 2.28 bits per heavy atom. The first kappa shape index (κ1) is 14.4. The molecule has 0 atom stereocenters. The summed E-state index contributed by atoms with van der Waals surface area (Å²) in [6.45, 7) is 1.07. The molecule has 0 bridgehead atoms. The van der Waals surface area contributed by atoms with Crippen molar-refractivity contribution >= 4 is 17.5 Å². The molecule has 0 radical (unpaired) electrons. The van der Waals surface area contributed by atoms with Gasteiger partial charge in [-0.3, -0.25) is 4.79 Å². The van der Waals surface area contributed by atoms with E-state index in [1.54, 1.807) is 12.1 Å². The fraction of sp³-hybridized carbons (Fsp3) is 0.417. The van der Waals surface area contributed by atoms with Crippen LogP contribution in [0.1, 0.15) is 18.4 Å². The summed E-state index contributed by atoms with van der Waals surface area (Å²) in [5, 5.41) is 6.86. The number of amides is 1. The highest BCUT2D eigenvalue weighted by molar-refractivity contribution is 6.30. The van der Waals surface area contributed by atoms with Gasteiger partial charge in [-0.15, -0.1) is 0 Å². The third-order valence-electron chi connectivity index (χ3n) is 2.32. The third-order valence-corrected chi connectivity index (χ3v) is 2.56. The second-order valence-corrected chi connectivity index (χ2v) is 4.25. The highest BCUT2D eigenvalue weighted by atomic mass is 35.5. The third kappa shape index (κ3) is 6.13. The standard InChI is InChI=1S/C12H15ClN4O/c13-11-5-3-4-10(8-11)9-12(18)15-6-1-2-7-16-17-14/h3-5,8H,1-2,6-7,9H2,(H,15,18). The number of unbranched alkanes of at least 4 members (excludes halogenated alkanes) is 1. The van der Waals surface area contributed by atoms with Crippen LogP contribution in [0.5, 0.6) is 0 Å². The van der Waals surface area contributed by atoms with Gasteiger partial charge in [0.05, 0.1) is 6.42 Å². The number of nitrogens with zero attached hydrogens (tertiary/aromatic N) is 3. The van der Waals surface area contributed by atoms with Crippen LogP contribution in [0.25, 0.3) is 10.4 Å². The van der Waals surface area contributed by atoms with E-state index < -0.39 is 0 Å². The summed E-state index contributed by atoms with van der Waals surface area (Å²) in [5.41, 5.74) is 8.97. The maximum atomic E-state index is 11.6. The second kappa shape index (κ2) is 8.39. The molecule has 0 aliphatic heterocycles. The normalized spacial score (nSPS) is 9.61. The van der Waals surface area contributed by atoms with Crippen LogP contribution >= 0.6 is 11.6 Å². The van der Waals surface area contributed by atoms with Crippen molar-refractivity contribution < 1.29 is 4.79 Å². The fourth-order valence-corrected chi connectivity index (χ4v) is 1.69. The van der Waals surface area contributed by atoms with E-state index in [0.717, 1.165) is 18.4 Å². The number of rotatable bonds is 7. The number of halogens is 1.